The van der Waals surface area contributed by atoms with Crippen molar-refractivity contribution in [1.29, 1.82) is 0 Å². The molecule has 0 bridgehead atoms. The fourth-order valence-electron chi connectivity index (χ4n) is 3.02. The highest BCUT2D eigenvalue weighted by Crippen LogP contribution is 2.29. The van der Waals surface area contributed by atoms with E-state index in [-0.39, 0.29) is 12.6 Å². The fraction of sp³-hybridized carbons (Fsp3) is 0.875. The summed E-state index contributed by atoms with van der Waals surface area (Å²) in [5.74, 6) is 0.112. The summed E-state index contributed by atoms with van der Waals surface area (Å²) in [4.78, 5) is 22.7. The first-order valence-electron chi connectivity index (χ1n) is 8.31. The quantitative estimate of drug-likeness (QED) is 0.644. The standard InChI is InChI=1S/C16H30N2O3/c1-3-5-14(15(19)20)11-18-16(21)17-10-13-8-6-12(4-2)7-9-13/h12-14H,3-11H2,1-2H3,(H,19,20)(H2,17,18,21). The summed E-state index contributed by atoms with van der Waals surface area (Å²) in [5.41, 5.74) is 0. The molecule has 0 aliphatic heterocycles. The highest BCUT2D eigenvalue weighted by molar-refractivity contribution is 5.75. The molecule has 0 aromatic carbocycles. The van der Waals surface area contributed by atoms with Gasteiger partial charge in [0.05, 0.1) is 5.92 Å². The Bertz CT molecular complexity index is 325. The molecule has 3 N–H and O–H groups in total. The third-order valence-corrected chi connectivity index (χ3v) is 4.59. The molecule has 2 amide bonds. The molecule has 1 rings (SSSR count). The Morgan fingerprint density at radius 1 is 1.10 bits per heavy atom. The zero-order valence-corrected chi connectivity index (χ0v) is 13.4. The third kappa shape index (κ3) is 6.82. The van der Waals surface area contributed by atoms with Crippen LogP contribution in [-0.4, -0.2) is 30.2 Å². The first kappa shape index (κ1) is 17.8. The van der Waals surface area contributed by atoms with E-state index in [0.29, 0.717) is 18.9 Å². The summed E-state index contributed by atoms with van der Waals surface area (Å²) in [6.07, 6.45) is 7.56. The number of carboxylic acid groups (broad SMARTS) is 1. The van der Waals surface area contributed by atoms with E-state index in [1.54, 1.807) is 0 Å². The lowest BCUT2D eigenvalue weighted by molar-refractivity contribution is -0.141. The first-order valence-corrected chi connectivity index (χ1v) is 8.31. The van der Waals surface area contributed by atoms with E-state index in [0.717, 1.165) is 12.3 Å². The Labute approximate surface area is 127 Å². The van der Waals surface area contributed by atoms with Crippen LogP contribution in [0.5, 0.6) is 0 Å². The predicted molar refractivity (Wildman–Crippen MR) is 83.2 cm³/mol. The van der Waals surface area contributed by atoms with Crippen molar-refractivity contribution in [3.63, 3.8) is 0 Å². The fourth-order valence-corrected chi connectivity index (χ4v) is 3.02. The number of aliphatic carboxylic acids is 1. The van der Waals surface area contributed by atoms with Gasteiger partial charge in [-0.1, -0.05) is 39.5 Å². The maximum atomic E-state index is 11.7. The maximum Gasteiger partial charge on any atom is 0.314 e. The van der Waals surface area contributed by atoms with Crippen LogP contribution < -0.4 is 10.6 Å². The van der Waals surface area contributed by atoms with Crippen LogP contribution in [0.4, 0.5) is 4.79 Å². The van der Waals surface area contributed by atoms with Crippen molar-refractivity contribution >= 4 is 12.0 Å². The average molecular weight is 298 g/mol. The van der Waals surface area contributed by atoms with Gasteiger partial charge in [0.2, 0.25) is 0 Å². The minimum Gasteiger partial charge on any atom is -0.481 e. The van der Waals surface area contributed by atoms with Gasteiger partial charge >= 0.3 is 12.0 Å². The zero-order chi connectivity index (χ0) is 15.7. The molecule has 0 spiro atoms. The second kappa shape index (κ2) is 9.64. The molecule has 122 valence electrons. The van der Waals surface area contributed by atoms with Crippen molar-refractivity contribution in [2.24, 2.45) is 17.8 Å². The van der Waals surface area contributed by atoms with Crippen LogP contribution in [0.15, 0.2) is 0 Å². The van der Waals surface area contributed by atoms with Crippen LogP contribution in [0, 0.1) is 17.8 Å². The summed E-state index contributed by atoms with van der Waals surface area (Å²) >= 11 is 0. The van der Waals surface area contributed by atoms with E-state index >= 15 is 0 Å². The van der Waals surface area contributed by atoms with E-state index in [9.17, 15) is 9.59 Å². The van der Waals surface area contributed by atoms with E-state index in [1.807, 2.05) is 6.92 Å². The van der Waals surface area contributed by atoms with Gasteiger partial charge in [0, 0.05) is 13.1 Å². The highest BCUT2D eigenvalue weighted by atomic mass is 16.4. The van der Waals surface area contributed by atoms with E-state index in [1.165, 1.54) is 32.1 Å². The van der Waals surface area contributed by atoms with Gasteiger partial charge in [-0.05, 0) is 31.1 Å². The van der Waals surface area contributed by atoms with E-state index in [2.05, 4.69) is 17.6 Å². The van der Waals surface area contributed by atoms with E-state index in [4.69, 9.17) is 5.11 Å². The molecule has 5 nitrogen and oxygen atoms in total. The Kier molecular flexibility index (Phi) is 8.16. The Morgan fingerprint density at radius 3 is 2.24 bits per heavy atom. The normalized spacial score (nSPS) is 23.3. The number of carbonyl (C=O) groups is 2. The molecule has 1 unspecified atom stereocenters. The second-order valence-electron chi connectivity index (χ2n) is 6.21. The molecule has 0 saturated heterocycles. The SMILES string of the molecule is CCCC(CNC(=O)NCC1CCC(CC)CC1)C(=O)O. The van der Waals surface area contributed by atoms with Gasteiger partial charge in [-0.3, -0.25) is 4.79 Å². The number of hydrogen-bond donors (Lipinski definition) is 3. The summed E-state index contributed by atoms with van der Waals surface area (Å²) in [7, 11) is 0. The Hall–Kier alpha value is -1.26. The van der Waals surface area contributed by atoms with Crippen LogP contribution in [-0.2, 0) is 4.79 Å². The Balaban J connectivity index is 2.17. The van der Waals surface area contributed by atoms with Crippen molar-refractivity contribution in [2.45, 2.75) is 58.8 Å². The topological polar surface area (TPSA) is 78.4 Å². The van der Waals surface area contributed by atoms with Crippen LogP contribution in [0.2, 0.25) is 0 Å². The molecular weight excluding hydrogens is 268 g/mol. The van der Waals surface area contributed by atoms with E-state index < -0.39 is 11.9 Å². The van der Waals surface area contributed by atoms with Gasteiger partial charge in [-0.15, -0.1) is 0 Å². The van der Waals surface area contributed by atoms with Crippen LogP contribution >= 0.6 is 0 Å². The summed E-state index contributed by atoms with van der Waals surface area (Å²) in [5, 5.41) is 14.6. The molecule has 0 heterocycles. The molecule has 0 radical (unpaired) electrons. The van der Waals surface area contributed by atoms with Gasteiger partial charge in [0.1, 0.15) is 0 Å². The minimum atomic E-state index is -0.838. The number of carbonyl (C=O) groups excluding carboxylic acids is 1. The van der Waals surface area contributed by atoms with Gasteiger partial charge in [0.25, 0.3) is 0 Å². The number of rotatable bonds is 8. The molecule has 1 atom stereocenters. The molecule has 0 aromatic heterocycles. The molecule has 21 heavy (non-hydrogen) atoms. The first-order chi connectivity index (χ1) is 10.1. The van der Waals surface area contributed by atoms with Gasteiger partial charge < -0.3 is 15.7 Å². The molecule has 1 saturated carbocycles. The number of carboxylic acids is 1. The van der Waals surface area contributed by atoms with Crippen molar-refractivity contribution < 1.29 is 14.7 Å². The molecular formula is C16H30N2O3. The molecule has 1 aliphatic carbocycles. The maximum absolute atomic E-state index is 11.7. The molecule has 1 aliphatic rings. The minimum absolute atomic E-state index is 0.206. The predicted octanol–water partition coefficient (Wildman–Crippen LogP) is 3.00. The zero-order valence-electron chi connectivity index (χ0n) is 13.4. The molecule has 1 fully saturated rings. The summed E-state index contributed by atoms with van der Waals surface area (Å²) < 4.78 is 0. The number of amides is 2. The van der Waals surface area contributed by atoms with Crippen molar-refractivity contribution in [1.82, 2.24) is 10.6 Å². The van der Waals surface area contributed by atoms with Crippen molar-refractivity contribution in [3.8, 4) is 0 Å². The molecule has 0 aromatic rings. The average Bonchev–Trinajstić information content (AvgIpc) is 2.49. The van der Waals surface area contributed by atoms with Crippen molar-refractivity contribution in [2.75, 3.05) is 13.1 Å². The highest BCUT2D eigenvalue weighted by Gasteiger charge is 2.21. The third-order valence-electron chi connectivity index (χ3n) is 4.59. The lowest BCUT2D eigenvalue weighted by Gasteiger charge is -2.27. The summed E-state index contributed by atoms with van der Waals surface area (Å²) in [6.45, 7) is 5.10. The number of hydrogen-bond acceptors (Lipinski definition) is 2. The largest absolute Gasteiger partial charge is 0.481 e. The lowest BCUT2D eigenvalue weighted by Crippen LogP contribution is -2.42. The number of nitrogens with one attached hydrogen (secondary N) is 2. The van der Waals surface area contributed by atoms with Crippen LogP contribution in [0.3, 0.4) is 0 Å². The Morgan fingerprint density at radius 2 is 1.71 bits per heavy atom. The smallest absolute Gasteiger partial charge is 0.314 e. The lowest BCUT2D eigenvalue weighted by atomic mass is 9.81. The van der Waals surface area contributed by atoms with Gasteiger partial charge in [-0.2, -0.15) is 0 Å². The monoisotopic (exact) mass is 298 g/mol. The summed E-state index contributed by atoms with van der Waals surface area (Å²) in [6, 6.07) is -0.241. The second-order valence-corrected chi connectivity index (χ2v) is 6.21. The number of urea groups is 1. The van der Waals surface area contributed by atoms with Gasteiger partial charge in [-0.25, -0.2) is 4.79 Å². The molecule has 5 heteroatoms. The van der Waals surface area contributed by atoms with Crippen LogP contribution in [0.25, 0.3) is 0 Å². The van der Waals surface area contributed by atoms with Crippen molar-refractivity contribution in [3.05, 3.63) is 0 Å². The van der Waals surface area contributed by atoms with Crippen LogP contribution in [0.1, 0.15) is 58.8 Å². The van der Waals surface area contributed by atoms with Gasteiger partial charge in [0.15, 0.2) is 0 Å².